The number of benzene rings is 1. The molecule has 4 aliphatic rings. The molecular formula is C38H58Cl2SiZr. The number of fused-ring (bicyclic) bond motifs is 2. The molecule has 0 spiro atoms. The molecule has 0 bridgehead atoms. The van der Waals surface area contributed by atoms with Gasteiger partial charge in [0.2, 0.25) is 0 Å². The third-order valence-corrected chi connectivity index (χ3v) is 16.3. The molecule has 0 heterocycles. The number of allylic oxidation sites excluding steroid dienone is 8. The normalized spacial score (nSPS) is 33.0. The fourth-order valence-corrected chi connectivity index (χ4v) is 15.6. The molecule has 42 heavy (non-hydrogen) atoms. The molecule has 0 aromatic heterocycles. The van der Waals surface area contributed by atoms with E-state index in [1.165, 1.54) is 17.5 Å². The summed E-state index contributed by atoms with van der Waals surface area (Å²) in [6.07, 6.45) is 20.9. The summed E-state index contributed by atoms with van der Waals surface area (Å²) in [5, 5.41) is 0. The van der Waals surface area contributed by atoms with E-state index < -0.39 is 28.9 Å². The SMILES string of the molecule is CC1C2C=CC=CC2C(C)C1[Si](C)(C)C1C(c2cc(C(C)(C)C)cc(C(C)(C)C)c2)CC2C=CC=CC21.[CH3-].[CH3-].[Cl][Zr+2][Cl]. The average molecular weight is 705 g/mol. The molecule has 2 saturated carbocycles. The zero-order valence-corrected chi connectivity index (χ0v) is 33.5. The van der Waals surface area contributed by atoms with E-state index in [0.717, 1.165) is 34.8 Å². The topological polar surface area (TPSA) is 0 Å². The van der Waals surface area contributed by atoms with Crippen LogP contribution in [-0.2, 0) is 31.7 Å². The summed E-state index contributed by atoms with van der Waals surface area (Å²) in [4.78, 5) is 0. The Balaban J connectivity index is 0.00000118. The van der Waals surface area contributed by atoms with Crippen molar-refractivity contribution in [2.24, 2.45) is 35.5 Å². The average Bonchev–Trinajstić information content (AvgIpc) is 3.40. The molecule has 2 fully saturated rings. The van der Waals surface area contributed by atoms with Gasteiger partial charge in [-0.05, 0) is 86.4 Å². The van der Waals surface area contributed by atoms with Crippen molar-refractivity contribution in [3.8, 4) is 0 Å². The summed E-state index contributed by atoms with van der Waals surface area (Å²) < 4.78 is 0. The Morgan fingerprint density at radius 1 is 0.667 bits per heavy atom. The first kappa shape index (κ1) is 38.0. The van der Waals surface area contributed by atoms with Gasteiger partial charge in [0.15, 0.2) is 0 Å². The number of halogens is 2. The monoisotopic (exact) mass is 702 g/mol. The molecule has 1 aromatic carbocycles. The van der Waals surface area contributed by atoms with Gasteiger partial charge in [0, 0.05) is 0 Å². The van der Waals surface area contributed by atoms with Crippen molar-refractivity contribution in [3.63, 3.8) is 0 Å². The van der Waals surface area contributed by atoms with Gasteiger partial charge in [-0.25, -0.2) is 0 Å². The van der Waals surface area contributed by atoms with Crippen LogP contribution in [0.3, 0.4) is 0 Å². The number of rotatable bonds is 3. The molecule has 0 aliphatic heterocycles. The van der Waals surface area contributed by atoms with Crippen LogP contribution in [0.15, 0.2) is 66.8 Å². The van der Waals surface area contributed by atoms with Gasteiger partial charge in [-0.3, -0.25) is 0 Å². The minimum atomic E-state index is -1.69. The molecular weight excluding hydrogens is 647 g/mol. The first-order valence-corrected chi connectivity index (χ1v) is 24.9. The maximum absolute atomic E-state index is 4.93. The van der Waals surface area contributed by atoms with Crippen LogP contribution in [0.25, 0.3) is 0 Å². The van der Waals surface area contributed by atoms with Crippen LogP contribution in [0.4, 0.5) is 0 Å². The molecule has 4 heteroatoms. The third-order valence-electron chi connectivity index (χ3n) is 11.1. The Labute approximate surface area is 280 Å². The van der Waals surface area contributed by atoms with Gasteiger partial charge in [-0.2, -0.15) is 0 Å². The van der Waals surface area contributed by atoms with Gasteiger partial charge in [0.25, 0.3) is 0 Å². The summed E-state index contributed by atoms with van der Waals surface area (Å²) in [6, 6.07) is 7.75. The summed E-state index contributed by atoms with van der Waals surface area (Å²) >= 11 is -0.826. The third kappa shape index (κ3) is 7.45. The van der Waals surface area contributed by atoms with Crippen molar-refractivity contribution in [3.05, 3.63) is 98.4 Å². The van der Waals surface area contributed by atoms with Crippen LogP contribution in [0.5, 0.6) is 0 Å². The molecule has 5 rings (SSSR count). The Morgan fingerprint density at radius 3 is 1.50 bits per heavy atom. The Bertz CT molecular complexity index is 1110. The van der Waals surface area contributed by atoms with Crippen LogP contribution < -0.4 is 0 Å². The summed E-state index contributed by atoms with van der Waals surface area (Å²) in [7, 11) is 8.18. The second kappa shape index (κ2) is 14.5. The van der Waals surface area contributed by atoms with E-state index in [1.807, 2.05) is 0 Å². The van der Waals surface area contributed by atoms with Gasteiger partial charge < -0.3 is 14.9 Å². The predicted octanol–water partition coefficient (Wildman–Crippen LogP) is 12.5. The molecule has 8 atom stereocenters. The van der Waals surface area contributed by atoms with Gasteiger partial charge >= 0.3 is 37.9 Å². The van der Waals surface area contributed by atoms with Crippen molar-refractivity contribution in [2.75, 3.05) is 0 Å². The molecule has 0 nitrogen and oxygen atoms in total. The van der Waals surface area contributed by atoms with Crippen LogP contribution in [-0.4, -0.2) is 8.07 Å². The van der Waals surface area contributed by atoms with Crippen molar-refractivity contribution in [1.29, 1.82) is 0 Å². The van der Waals surface area contributed by atoms with Crippen molar-refractivity contribution in [1.82, 2.24) is 0 Å². The van der Waals surface area contributed by atoms with E-state index in [4.69, 9.17) is 17.0 Å². The molecule has 0 N–H and O–H groups in total. The fourth-order valence-electron chi connectivity index (χ4n) is 9.32. The van der Waals surface area contributed by atoms with E-state index in [1.54, 1.807) is 5.56 Å². The van der Waals surface area contributed by atoms with E-state index in [-0.39, 0.29) is 25.7 Å². The van der Waals surface area contributed by atoms with Gasteiger partial charge in [-0.1, -0.05) is 135 Å². The molecule has 232 valence electrons. The standard InChI is InChI=1S/C36H52Si.2CH3.2ClH.Zr/c1-23-29-16-13-14-17-30(29)24(2)33(23)37(9,10)34-31-18-12-11-15-25(31)21-32(34)26-19-27(35(3,4)5)22-28(20-26)36(6,7)8;;;;;/h11-20,22-25,29-34H,21H2,1-10H3;2*1H3;2*1H;/q;2*-1;;;+4/p-2. The quantitative estimate of drug-likeness (QED) is 0.217. The van der Waals surface area contributed by atoms with Gasteiger partial charge in [0.05, 0.1) is 8.07 Å². The number of hydrogen-bond donors (Lipinski definition) is 0. The van der Waals surface area contributed by atoms with Gasteiger partial charge in [0.1, 0.15) is 0 Å². The van der Waals surface area contributed by atoms with Crippen LogP contribution in [0, 0.1) is 50.4 Å². The first-order valence-electron chi connectivity index (χ1n) is 15.4. The zero-order chi connectivity index (χ0) is 29.6. The van der Waals surface area contributed by atoms with Crippen molar-refractivity contribution >= 4 is 25.1 Å². The van der Waals surface area contributed by atoms with E-state index in [9.17, 15) is 0 Å². The number of hydrogen-bond acceptors (Lipinski definition) is 0. The molecule has 0 saturated heterocycles. The van der Waals surface area contributed by atoms with E-state index in [2.05, 4.69) is 135 Å². The first-order chi connectivity index (χ1) is 18.6. The second-order valence-electron chi connectivity index (χ2n) is 15.8. The van der Waals surface area contributed by atoms with Crippen molar-refractivity contribution in [2.45, 2.75) is 103 Å². The molecule has 0 radical (unpaired) electrons. The maximum atomic E-state index is 4.93. The van der Waals surface area contributed by atoms with E-state index in [0.29, 0.717) is 17.8 Å². The molecule has 1 aromatic rings. The summed E-state index contributed by atoms with van der Waals surface area (Å²) in [6.45, 7) is 25.1. The Kier molecular flexibility index (Phi) is 13.2. The molecule has 4 aliphatic carbocycles. The van der Waals surface area contributed by atoms with Crippen LogP contribution in [0.1, 0.15) is 84.4 Å². The predicted molar refractivity (Wildman–Crippen MR) is 190 cm³/mol. The molecule has 8 unspecified atom stereocenters. The zero-order valence-electron chi connectivity index (χ0n) is 28.5. The van der Waals surface area contributed by atoms with Crippen LogP contribution in [0.2, 0.25) is 24.2 Å². The van der Waals surface area contributed by atoms with Crippen LogP contribution >= 0.6 is 17.0 Å². The Morgan fingerprint density at radius 2 is 1.07 bits per heavy atom. The minimum absolute atomic E-state index is 0. The summed E-state index contributed by atoms with van der Waals surface area (Å²) in [5.74, 6) is 5.05. The van der Waals surface area contributed by atoms with Crippen molar-refractivity contribution < 1.29 is 20.8 Å². The van der Waals surface area contributed by atoms with Gasteiger partial charge in [-0.15, -0.1) is 0 Å². The molecule has 0 amide bonds. The summed E-state index contributed by atoms with van der Waals surface area (Å²) in [5.41, 5.74) is 6.61. The van der Waals surface area contributed by atoms with E-state index >= 15 is 0 Å². The second-order valence-corrected chi connectivity index (χ2v) is 24.5. The Hall–Kier alpha value is -0.140. The fraction of sp³-hybridized carbons (Fsp3) is 0.579.